The molecule has 0 aliphatic heterocycles. The van der Waals surface area contributed by atoms with Gasteiger partial charge in [0.15, 0.2) is 0 Å². The number of amides is 1. The summed E-state index contributed by atoms with van der Waals surface area (Å²) in [7, 11) is 0. The Morgan fingerprint density at radius 2 is 1.70 bits per heavy atom. The van der Waals surface area contributed by atoms with E-state index in [1.54, 1.807) is 13.8 Å². The van der Waals surface area contributed by atoms with E-state index in [-0.39, 0.29) is 23.7 Å². The van der Waals surface area contributed by atoms with Crippen molar-refractivity contribution in [3.05, 3.63) is 71.3 Å². The summed E-state index contributed by atoms with van der Waals surface area (Å²) < 4.78 is 44.1. The van der Waals surface area contributed by atoms with Crippen molar-refractivity contribution < 1.29 is 22.7 Å². The molecule has 1 N–H and O–H groups in total. The normalized spacial score (nSPS) is 13.4. The minimum Gasteiger partial charge on any atom is -0.462 e. The second-order valence-corrected chi connectivity index (χ2v) is 6.22. The number of ether oxygens (including phenoxy) is 1. The molecule has 27 heavy (non-hydrogen) atoms. The van der Waals surface area contributed by atoms with Crippen LogP contribution in [0.25, 0.3) is 0 Å². The van der Waals surface area contributed by atoms with Crippen molar-refractivity contribution in [2.75, 3.05) is 0 Å². The van der Waals surface area contributed by atoms with Crippen LogP contribution in [0.4, 0.5) is 13.2 Å². The molecule has 0 saturated heterocycles. The molecular weight excluding hydrogens is 357 g/mol. The first-order chi connectivity index (χ1) is 12.7. The van der Waals surface area contributed by atoms with Crippen LogP contribution in [0, 0.1) is 0 Å². The second kappa shape index (κ2) is 8.70. The molecule has 0 fully saturated rings. The molecular formula is C20H21F3N2O2. The number of benzene rings is 2. The van der Waals surface area contributed by atoms with Gasteiger partial charge in [-0.3, -0.25) is 10.1 Å². The van der Waals surface area contributed by atoms with Crippen molar-refractivity contribution in [1.82, 2.24) is 5.32 Å². The largest absolute Gasteiger partial charge is 0.462 e. The molecule has 0 saturated carbocycles. The lowest BCUT2D eigenvalue weighted by molar-refractivity contribution is -0.137. The quantitative estimate of drug-likeness (QED) is 0.603. The molecule has 0 unspecified atom stereocenters. The third-order valence-corrected chi connectivity index (χ3v) is 3.61. The molecule has 2 aromatic carbocycles. The highest BCUT2D eigenvalue weighted by Crippen LogP contribution is 2.29. The van der Waals surface area contributed by atoms with E-state index in [1.807, 2.05) is 37.3 Å². The second-order valence-electron chi connectivity index (χ2n) is 6.22. The fourth-order valence-corrected chi connectivity index (χ4v) is 2.30. The number of hydrogen-bond acceptors (Lipinski definition) is 3. The fourth-order valence-electron chi connectivity index (χ4n) is 2.30. The standard InChI is InChI=1S/C20H21F3N2O2/c1-13(2)27-19(24-14(3)15-8-5-4-6-9-15)25-18(26)16-10-7-11-17(12-16)20(21,22)23/h4-14H,1-3H3,(H,24,25,26)/t14-/m0/s1. The minimum absolute atomic E-state index is 0.0382. The number of hydrogen-bond donors (Lipinski definition) is 1. The van der Waals surface area contributed by atoms with Gasteiger partial charge in [0, 0.05) is 5.56 Å². The van der Waals surface area contributed by atoms with Gasteiger partial charge in [-0.25, -0.2) is 4.99 Å². The molecule has 2 rings (SSSR count). The molecule has 0 aliphatic rings. The zero-order chi connectivity index (χ0) is 20.0. The molecule has 0 aromatic heterocycles. The molecule has 7 heteroatoms. The monoisotopic (exact) mass is 378 g/mol. The number of alkyl halides is 3. The number of aliphatic imine (C=N–C) groups is 1. The van der Waals surface area contributed by atoms with Gasteiger partial charge in [0.05, 0.1) is 17.7 Å². The van der Waals surface area contributed by atoms with Crippen molar-refractivity contribution in [3.63, 3.8) is 0 Å². The van der Waals surface area contributed by atoms with Gasteiger partial charge in [-0.05, 0) is 44.5 Å². The number of nitrogens with zero attached hydrogens (tertiary/aromatic N) is 1. The van der Waals surface area contributed by atoms with Gasteiger partial charge in [-0.2, -0.15) is 13.2 Å². The molecule has 144 valence electrons. The Morgan fingerprint density at radius 1 is 1.04 bits per heavy atom. The smallest absolute Gasteiger partial charge is 0.416 e. The average Bonchev–Trinajstić information content (AvgIpc) is 2.61. The van der Waals surface area contributed by atoms with E-state index in [9.17, 15) is 18.0 Å². The van der Waals surface area contributed by atoms with Gasteiger partial charge in [0.1, 0.15) is 0 Å². The van der Waals surface area contributed by atoms with Gasteiger partial charge < -0.3 is 4.74 Å². The molecule has 0 aliphatic carbocycles. The van der Waals surface area contributed by atoms with Crippen LogP contribution < -0.4 is 5.32 Å². The first-order valence-electron chi connectivity index (χ1n) is 8.45. The van der Waals surface area contributed by atoms with Crippen molar-refractivity contribution in [2.45, 2.75) is 39.1 Å². The molecule has 0 bridgehead atoms. The maximum Gasteiger partial charge on any atom is 0.416 e. The van der Waals surface area contributed by atoms with Crippen LogP contribution in [0.15, 0.2) is 59.6 Å². The van der Waals surface area contributed by atoms with E-state index in [2.05, 4.69) is 10.3 Å². The average molecular weight is 378 g/mol. The van der Waals surface area contributed by atoms with E-state index in [1.165, 1.54) is 12.1 Å². The lowest BCUT2D eigenvalue weighted by Gasteiger charge is -2.16. The van der Waals surface area contributed by atoms with E-state index in [0.29, 0.717) is 0 Å². The Hall–Kier alpha value is -2.83. The van der Waals surface area contributed by atoms with Gasteiger partial charge in [0.25, 0.3) is 11.9 Å². The summed E-state index contributed by atoms with van der Waals surface area (Å²) in [5.41, 5.74) is -0.107. The Morgan fingerprint density at radius 3 is 2.30 bits per heavy atom. The summed E-state index contributed by atoms with van der Waals surface area (Å²) in [6, 6.07) is 13.2. The first kappa shape index (κ1) is 20.5. The van der Waals surface area contributed by atoms with Crippen molar-refractivity contribution in [1.29, 1.82) is 0 Å². The van der Waals surface area contributed by atoms with Gasteiger partial charge >= 0.3 is 6.18 Å². The van der Waals surface area contributed by atoms with Gasteiger partial charge in [0.2, 0.25) is 0 Å². The van der Waals surface area contributed by atoms with E-state index in [4.69, 9.17) is 4.74 Å². The fraction of sp³-hybridized carbons (Fsp3) is 0.300. The predicted octanol–water partition coefficient (Wildman–Crippen LogP) is 4.98. The van der Waals surface area contributed by atoms with Crippen LogP contribution in [0.2, 0.25) is 0 Å². The number of nitrogens with one attached hydrogen (secondary N) is 1. The van der Waals surface area contributed by atoms with Crippen LogP contribution >= 0.6 is 0 Å². The third kappa shape index (κ3) is 6.13. The molecule has 1 atom stereocenters. The summed E-state index contributed by atoms with van der Waals surface area (Å²) in [5, 5.41) is 2.47. The van der Waals surface area contributed by atoms with Gasteiger partial charge in [-0.1, -0.05) is 36.4 Å². The topological polar surface area (TPSA) is 50.7 Å². The number of rotatable bonds is 4. The zero-order valence-electron chi connectivity index (χ0n) is 15.2. The Labute approximate surface area is 156 Å². The molecule has 0 spiro atoms. The van der Waals surface area contributed by atoms with E-state index < -0.39 is 17.6 Å². The zero-order valence-corrected chi connectivity index (χ0v) is 15.2. The SMILES string of the molecule is CC(C)OC(=N[C@@H](C)c1ccccc1)NC(=O)c1cccc(C(F)(F)F)c1. The summed E-state index contributed by atoms with van der Waals surface area (Å²) >= 11 is 0. The lowest BCUT2D eigenvalue weighted by Crippen LogP contribution is -2.34. The molecule has 0 heterocycles. The Balaban J connectivity index is 2.23. The van der Waals surface area contributed by atoms with Gasteiger partial charge in [-0.15, -0.1) is 0 Å². The maximum atomic E-state index is 12.8. The maximum absolute atomic E-state index is 12.8. The molecule has 2 aromatic rings. The third-order valence-electron chi connectivity index (χ3n) is 3.61. The van der Waals surface area contributed by atoms with Crippen LogP contribution in [0.3, 0.4) is 0 Å². The highest BCUT2D eigenvalue weighted by Gasteiger charge is 2.31. The van der Waals surface area contributed by atoms with Crippen molar-refractivity contribution >= 4 is 11.9 Å². The molecule has 4 nitrogen and oxygen atoms in total. The molecule has 1 amide bonds. The first-order valence-corrected chi connectivity index (χ1v) is 8.45. The van der Waals surface area contributed by atoms with Crippen LogP contribution in [-0.4, -0.2) is 18.0 Å². The minimum atomic E-state index is -4.52. The highest BCUT2D eigenvalue weighted by molar-refractivity contribution is 6.04. The number of carbonyl (C=O) groups is 1. The van der Waals surface area contributed by atoms with Crippen LogP contribution in [0.5, 0.6) is 0 Å². The number of carbonyl (C=O) groups excluding carboxylic acids is 1. The van der Waals surface area contributed by atoms with E-state index in [0.717, 1.165) is 17.7 Å². The summed E-state index contributed by atoms with van der Waals surface area (Å²) in [4.78, 5) is 16.8. The Bertz CT molecular complexity index is 802. The number of halogens is 3. The Kier molecular flexibility index (Phi) is 6.60. The van der Waals surface area contributed by atoms with Crippen molar-refractivity contribution in [3.8, 4) is 0 Å². The molecule has 0 radical (unpaired) electrons. The predicted molar refractivity (Wildman–Crippen MR) is 97.4 cm³/mol. The summed E-state index contributed by atoms with van der Waals surface area (Å²) in [5.74, 6) is -0.722. The summed E-state index contributed by atoms with van der Waals surface area (Å²) in [6.45, 7) is 5.35. The van der Waals surface area contributed by atoms with E-state index >= 15 is 0 Å². The highest BCUT2D eigenvalue weighted by atomic mass is 19.4. The van der Waals surface area contributed by atoms with Crippen LogP contribution in [0.1, 0.15) is 48.3 Å². The number of amidine groups is 1. The summed E-state index contributed by atoms with van der Waals surface area (Å²) in [6.07, 6.45) is -4.79. The van der Waals surface area contributed by atoms with Crippen LogP contribution in [-0.2, 0) is 10.9 Å². The van der Waals surface area contributed by atoms with Crippen molar-refractivity contribution in [2.24, 2.45) is 4.99 Å². The lowest BCUT2D eigenvalue weighted by atomic mass is 10.1.